The molecule has 1 aliphatic heterocycles. The SMILES string of the molecule is CCNC(=NCc1nc(C(F)(F)F)cs1)NCCCc1nnc2n1CCCCC2. The molecule has 0 aliphatic carbocycles. The fourth-order valence-corrected chi connectivity index (χ4v) is 3.91. The first-order chi connectivity index (χ1) is 14.0. The monoisotopic (exact) mass is 429 g/mol. The van der Waals surface area contributed by atoms with Gasteiger partial charge in [-0.25, -0.2) is 9.98 Å². The predicted octanol–water partition coefficient (Wildman–Crippen LogP) is 3.17. The maximum absolute atomic E-state index is 12.6. The summed E-state index contributed by atoms with van der Waals surface area (Å²) >= 11 is 0.966. The lowest BCUT2D eigenvalue weighted by Crippen LogP contribution is -2.37. The van der Waals surface area contributed by atoms with E-state index in [-0.39, 0.29) is 6.54 Å². The smallest absolute Gasteiger partial charge is 0.357 e. The summed E-state index contributed by atoms with van der Waals surface area (Å²) in [6.07, 6.45) is 1.83. The van der Waals surface area contributed by atoms with Gasteiger partial charge in [0.1, 0.15) is 16.7 Å². The Morgan fingerprint density at radius 2 is 2.10 bits per heavy atom. The maximum atomic E-state index is 12.6. The zero-order valence-electron chi connectivity index (χ0n) is 16.4. The van der Waals surface area contributed by atoms with Crippen LogP contribution in [0.1, 0.15) is 55.0 Å². The van der Waals surface area contributed by atoms with Crippen LogP contribution in [0, 0.1) is 0 Å². The molecule has 0 radical (unpaired) electrons. The molecular weight excluding hydrogens is 403 g/mol. The van der Waals surface area contributed by atoms with E-state index in [4.69, 9.17) is 0 Å². The molecule has 29 heavy (non-hydrogen) atoms. The van der Waals surface area contributed by atoms with Crippen molar-refractivity contribution in [3.63, 3.8) is 0 Å². The number of aryl methyl sites for hydroxylation is 2. The summed E-state index contributed by atoms with van der Waals surface area (Å²) in [6.45, 7) is 4.37. The van der Waals surface area contributed by atoms with Crippen molar-refractivity contribution in [1.29, 1.82) is 0 Å². The Morgan fingerprint density at radius 1 is 1.24 bits per heavy atom. The molecule has 7 nitrogen and oxygen atoms in total. The molecule has 0 fully saturated rings. The van der Waals surface area contributed by atoms with Gasteiger partial charge in [0, 0.05) is 37.9 Å². The van der Waals surface area contributed by atoms with Crippen molar-refractivity contribution >= 4 is 17.3 Å². The fourth-order valence-electron chi connectivity index (χ4n) is 3.19. The second-order valence-corrected chi connectivity index (χ2v) is 7.79. The Hall–Kier alpha value is -2.17. The van der Waals surface area contributed by atoms with Crippen molar-refractivity contribution < 1.29 is 13.2 Å². The Kier molecular flexibility index (Phi) is 7.45. The minimum Gasteiger partial charge on any atom is -0.357 e. The van der Waals surface area contributed by atoms with E-state index in [2.05, 4.69) is 35.4 Å². The lowest BCUT2D eigenvalue weighted by molar-refractivity contribution is -0.140. The van der Waals surface area contributed by atoms with Gasteiger partial charge >= 0.3 is 6.18 Å². The zero-order valence-corrected chi connectivity index (χ0v) is 17.2. The van der Waals surface area contributed by atoms with Crippen LogP contribution in [-0.4, -0.2) is 38.8 Å². The number of alkyl halides is 3. The normalized spacial score (nSPS) is 15.1. The Balaban J connectivity index is 1.49. The molecule has 0 unspecified atom stereocenters. The van der Waals surface area contributed by atoms with Crippen molar-refractivity contribution in [2.75, 3.05) is 13.1 Å². The van der Waals surface area contributed by atoms with E-state index in [0.717, 1.165) is 54.2 Å². The highest BCUT2D eigenvalue weighted by Gasteiger charge is 2.33. The highest BCUT2D eigenvalue weighted by Crippen LogP contribution is 2.30. The molecule has 11 heteroatoms. The van der Waals surface area contributed by atoms with Gasteiger partial charge in [-0.1, -0.05) is 6.42 Å². The maximum Gasteiger partial charge on any atom is 0.434 e. The molecule has 2 N–H and O–H groups in total. The van der Waals surface area contributed by atoms with Gasteiger partial charge in [-0.3, -0.25) is 0 Å². The minimum atomic E-state index is -4.42. The number of nitrogens with one attached hydrogen (secondary N) is 2. The molecule has 0 spiro atoms. The van der Waals surface area contributed by atoms with Crippen molar-refractivity contribution in [1.82, 2.24) is 30.4 Å². The molecule has 1 aliphatic rings. The lowest BCUT2D eigenvalue weighted by Gasteiger charge is -2.11. The molecular formula is C18H26F3N7S. The molecule has 0 saturated heterocycles. The third-order valence-electron chi connectivity index (χ3n) is 4.61. The van der Waals surface area contributed by atoms with E-state index in [0.29, 0.717) is 24.1 Å². The fraction of sp³-hybridized carbons (Fsp3) is 0.667. The van der Waals surface area contributed by atoms with Crippen LogP contribution >= 0.6 is 11.3 Å². The van der Waals surface area contributed by atoms with Gasteiger partial charge < -0.3 is 15.2 Å². The van der Waals surface area contributed by atoms with E-state index in [1.807, 2.05) is 6.92 Å². The minimum absolute atomic E-state index is 0.105. The van der Waals surface area contributed by atoms with Crippen molar-refractivity contribution in [2.45, 2.75) is 64.7 Å². The summed E-state index contributed by atoms with van der Waals surface area (Å²) in [5.74, 6) is 2.67. The largest absolute Gasteiger partial charge is 0.434 e. The van der Waals surface area contributed by atoms with Crippen LogP contribution in [0.15, 0.2) is 10.4 Å². The lowest BCUT2D eigenvalue weighted by atomic mass is 10.2. The Bertz CT molecular complexity index is 813. The first-order valence-electron chi connectivity index (χ1n) is 9.92. The van der Waals surface area contributed by atoms with Crippen LogP contribution in [0.5, 0.6) is 0 Å². The number of hydrogen-bond acceptors (Lipinski definition) is 5. The zero-order chi connectivity index (χ0) is 20.7. The van der Waals surface area contributed by atoms with Crippen LogP contribution in [0.25, 0.3) is 0 Å². The Labute approximate surface area is 171 Å². The second-order valence-electron chi connectivity index (χ2n) is 6.84. The molecule has 2 aromatic heterocycles. The van der Waals surface area contributed by atoms with Crippen molar-refractivity contribution in [3.8, 4) is 0 Å². The van der Waals surface area contributed by atoms with Gasteiger partial charge in [-0.05, 0) is 26.2 Å². The van der Waals surface area contributed by atoms with Crippen LogP contribution in [-0.2, 0) is 32.1 Å². The van der Waals surface area contributed by atoms with Crippen molar-refractivity contribution in [3.05, 3.63) is 27.7 Å². The summed E-state index contributed by atoms with van der Waals surface area (Å²) in [6, 6.07) is 0. The summed E-state index contributed by atoms with van der Waals surface area (Å²) in [4.78, 5) is 7.94. The molecule has 160 valence electrons. The van der Waals surface area contributed by atoms with Gasteiger partial charge in [0.15, 0.2) is 11.7 Å². The number of thiazole rings is 1. The van der Waals surface area contributed by atoms with E-state index in [1.54, 1.807) is 0 Å². The Morgan fingerprint density at radius 3 is 2.86 bits per heavy atom. The highest BCUT2D eigenvalue weighted by molar-refractivity contribution is 7.09. The van der Waals surface area contributed by atoms with Gasteiger partial charge in [0.2, 0.25) is 0 Å². The van der Waals surface area contributed by atoms with Crippen LogP contribution in [0.2, 0.25) is 0 Å². The average Bonchev–Trinajstić information content (AvgIpc) is 3.24. The molecule has 0 amide bonds. The van der Waals surface area contributed by atoms with Gasteiger partial charge in [0.25, 0.3) is 0 Å². The molecule has 0 aromatic carbocycles. The number of halogens is 3. The highest BCUT2D eigenvalue weighted by atomic mass is 32.1. The number of rotatable bonds is 7. The second kappa shape index (κ2) is 10.0. The number of guanidine groups is 1. The van der Waals surface area contributed by atoms with Crippen molar-refractivity contribution in [2.24, 2.45) is 4.99 Å². The summed E-state index contributed by atoms with van der Waals surface area (Å²) in [7, 11) is 0. The third kappa shape index (κ3) is 6.15. The van der Waals surface area contributed by atoms with E-state index in [1.165, 1.54) is 19.3 Å². The molecule has 3 rings (SSSR count). The number of fused-ring (bicyclic) bond motifs is 1. The molecule has 0 bridgehead atoms. The van der Waals surface area contributed by atoms with Crippen LogP contribution in [0.3, 0.4) is 0 Å². The summed E-state index contributed by atoms with van der Waals surface area (Å²) in [5, 5.41) is 16.3. The van der Waals surface area contributed by atoms with E-state index < -0.39 is 11.9 Å². The summed E-state index contributed by atoms with van der Waals surface area (Å²) < 4.78 is 40.2. The number of nitrogens with zero attached hydrogens (tertiary/aromatic N) is 5. The van der Waals surface area contributed by atoms with Gasteiger partial charge in [-0.15, -0.1) is 21.5 Å². The predicted molar refractivity (Wildman–Crippen MR) is 106 cm³/mol. The number of hydrogen-bond donors (Lipinski definition) is 2. The van der Waals surface area contributed by atoms with Crippen LogP contribution < -0.4 is 10.6 Å². The standard InChI is InChI=1S/C18H26F3N7S/c1-2-22-17(24-11-16-25-13(12-29-16)18(19,20)21)23-9-6-8-15-27-26-14-7-4-3-5-10-28(14)15/h12H,2-11H2,1H3,(H2,22,23,24). The first kappa shape index (κ1) is 21.5. The summed E-state index contributed by atoms with van der Waals surface area (Å²) in [5.41, 5.74) is -0.863. The first-order valence-corrected chi connectivity index (χ1v) is 10.8. The van der Waals surface area contributed by atoms with E-state index >= 15 is 0 Å². The number of aromatic nitrogens is 4. The quantitative estimate of drug-likeness (QED) is 0.402. The molecule has 2 aromatic rings. The van der Waals surface area contributed by atoms with Gasteiger partial charge in [-0.2, -0.15) is 13.2 Å². The molecule has 0 atom stereocenters. The molecule has 0 saturated carbocycles. The third-order valence-corrected chi connectivity index (χ3v) is 5.45. The van der Waals surface area contributed by atoms with Crippen LogP contribution in [0.4, 0.5) is 13.2 Å². The number of aliphatic imine (C=N–C) groups is 1. The van der Waals surface area contributed by atoms with E-state index in [9.17, 15) is 13.2 Å². The van der Waals surface area contributed by atoms with Gasteiger partial charge in [0.05, 0.1) is 6.54 Å². The molecule has 3 heterocycles. The topological polar surface area (TPSA) is 80.0 Å². The average molecular weight is 430 g/mol.